The lowest BCUT2D eigenvalue weighted by Crippen LogP contribution is -2.30. The van der Waals surface area contributed by atoms with Crippen LogP contribution in [0.25, 0.3) is 0 Å². The summed E-state index contributed by atoms with van der Waals surface area (Å²) in [5.74, 6) is 0.556. The smallest absolute Gasteiger partial charge is 0.0992 e. The molecule has 2 rings (SSSR count). The van der Waals surface area contributed by atoms with Crippen LogP contribution in [0.5, 0.6) is 0 Å². The minimum absolute atomic E-state index is 0.529. The lowest BCUT2D eigenvalue weighted by molar-refractivity contribution is 0.165. The Morgan fingerprint density at radius 2 is 2.24 bits per heavy atom. The Balaban J connectivity index is 2.03. The molecule has 5 heteroatoms. The Morgan fingerprint density at radius 3 is 2.86 bits per heavy atom. The molecule has 4 nitrogen and oxygen atoms in total. The normalized spacial score (nSPS) is 17.6. The van der Waals surface area contributed by atoms with Crippen LogP contribution in [0.15, 0.2) is 22.7 Å². The first-order valence-corrected chi connectivity index (χ1v) is 7.88. The first-order valence-electron chi connectivity index (χ1n) is 7.08. The zero-order chi connectivity index (χ0) is 15.1. The second kappa shape index (κ2) is 8.14. The van der Waals surface area contributed by atoms with Gasteiger partial charge in [-0.3, -0.25) is 4.90 Å². The van der Waals surface area contributed by atoms with Gasteiger partial charge in [0, 0.05) is 37.1 Å². The average Bonchev–Trinajstić information content (AvgIpc) is 2.99. The van der Waals surface area contributed by atoms with Gasteiger partial charge in [0.05, 0.1) is 24.3 Å². The molecule has 21 heavy (non-hydrogen) atoms. The Hall–Kier alpha value is -1.40. The molecular weight excluding hydrogens is 330 g/mol. The second-order valence-electron chi connectivity index (χ2n) is 5.29. The van der Waals surface area contributed by atoms with Crippen LogP contribution in [0, 0.1) is 28.6 Å². The molecule has 0 aliphatic carbocycles. The summed E-state index contributed by atoms with van der Waals surface area (Å²) in [7, 11) is 0. The highest BCUT2D eigenvalue weighted by atomic mass is 79.9. The van der Waals surface area contributed by atoms with Gasteiger partial charge >= 0.3 is 0 Å². The largest absolute Gasteiger partial charge is 0.381 e. The molecule has 0 N–H and O–H groups in total. The van der Waals surface area contributed by atoms with E-state index in [9.17, 15) is 0 Å². The van der Waals surface area contributed by atoms with Gasteiger partial charge in [-0.15, -0.1) is 0 Å². The average molecular weight is 348 g/mol. The predicted octanol–water partition coefficient (Wildman–Crippen LogP) is 3.07. The van der Waals surface area contributed by atoms with Crippen LogP contribution in [-0.2, 0) is 11.3 Å². The SMILES string of the molecule is N#CCCN(Cc1ccc(C#N)cc1Br)C[C@@H]1CCOC1. The van der Waals surface area contributed by atoms with Crippen LogP contribution < -0.4 is 0 Å². The van der Waals surface area contributed by atoms with E-state index in [-0.39, 0.29) is 0 Å². The summed E-state index contributed by atoms with van der Waals surface area (Å²) in [6, 6.07) is 10.0. The quantitative estimate of drug-likeness (QED) is 0.793. The molecule has 1 heterocycles. The highest BCUT2D eigenvalue weighted by molar-refractivity contribution is 9.10. The van der Waals surface area contributed by atoms with Crippen LogP contribution >= 0.6 is 15.9 Å². The lowest BCUT2D eigenvalue weighted by atomic mass is 10.1. The maximum absolute atomic E-state index is 8.91. The zero-order valence-electron chi connectivity index (χ0n) is 11.9. The van der Waals surface area contributed by atoms with Crippen LogP contribution in [0.3, 0.4) is 0 Å². The van der Waals surface area contributed by atoms with Gasteiger partial charge < -0.3 is 4.74 Å². The highest BCUT2D eigenvalue weighted by Crippen LogP contribution is 2.22. The molecule has 0 bridgehead atoms. The third kappa shape index (κ3) is 4.82. The lowest BCUT2D eigenvalue weighted by Gasteiger charge is -2.24. The molecule has 1 fully saturated rings. The van der Waals surface area contributed by atoms with Gasteiger partial charge in [0.15, 0.2) is 0 Å². The summed E-state index contributed by atoms with van der Waals surface area (Å²) in [5.41, 5.74) is 1.80. The topological polar surface area (TPSA) is 60.0 Å². The van der Waals surface area contributed by atoms with Gasteiger partial charge in [0.25, 0.3) is 0 Å². The molecule has 110 valence electrons. The predicted molar refractivity (Wildman–Crippen MR) is 83.3 cm³/mol. The van der Waals surface area contributed by atoms with E-state index in [1.165, 1.54) is 0 Å². The van der Waals surface area contributed by atoms with Gasteiger partial charge in [-0.1, -0.05) is 22.0 Å². The highest BCUT2D eigenvalue weighted by Gasteiger charge is 2.19. The Bertz CT molecular complexity index is 556. The summed E-state index contributed by atoms with van der Waals surface area (Å²) >= 11 is 3.53. The van der Waals surface area contributed by atoms with Gasteiger partial charge in [-0.2, -0.15) is 10.5 Å². The third-order valence-corrected chi connectivity index (χ3v) is 4.39. The summed E-state index contributed by atoms with van der Waals surface area (Å²) in [4.78, 5) is 2.30. The van der Waals surface area contributed by atoms with Gasteiger partial charge in [-0.05, 0) is 30.0 Å². The van der Waals surface area contributed by atoms with Crippen molar-refractivity contribution in [1.29, 1.82) is 10.5 Å². The summed E-state index contributed by atoms with van der Waals surface area (Å²) in [6.45, 7) is 4.16. The first kappa shape index (κ1) is 16.0. The van der Waals surface area contributed by atoms with Crippen molar-refractivity contribution in [2.24, 2.45) is 5.92 Å². The summed E-state index contributed by atoms with van der Waals surface area (Å²) < 4.78 is 6.38. The molecule has 1 aliphatic heterocycles. The molecule has 0 aromatic heterocycles. The van der Waals surface area contributed by atoms with Crippen molar-refractivity contribution >= 4 is 15.9 Å². The molecule has 0 radical (unpaired) electrons. The molecule has 1 aliphatic rings. The van der Waals surface area contributed by atoms with E-state index in [4.69, 9.17) is 15.3 Å². The molecule has 1 aromatic rings. The van der Waals surface area contributed by atoms with E-state index in [1.54, 1.807) is 0 Å². The van der Waals surface area contributed by atoms with Gasteiger partial charge in [0.1, 0.15) is 0 Å². The van der Waals surface area contributed by atoms with Crippen molar-refractivity contribution in [3.63, 3.8) is 0 Å². The number of ether oxygens (including phenoxy) is 1. The summed E-state index contributed by atoms with van der Waals surface area (Å²) in [6.07, 6.45) is 1.62. The van der Waals surface area contributed by atoms with E-state index in [0.29, 0.717) is 17.9 Å². The first-order chi connectivity index (χ1) is 10.2. The van der Waals surface area contributed by atoms with Crippen LogP contribution in [0.4, 0.5) is 0 Å². The molecule has 1 saturated heterocycles. The van der Waals surface area contributed by atoms with E-state index in [1.807, 2.05) is 18.2 Å². The minimum Gasteiger partial charge on any atom is -0.381 e. The monoisotopic (exact) mass is 347 g/mol. The Kier molecular flexibility index (Phi) is 6.20. The van der Waals surface area contributed by atoms with Gasteiger partial charge in [0.2, 0.25) is 0 Å². The maximum atomic E-state index is 8.91. The number of benzene rings is 1. The molecular formula is C16H18BrN3O. The third-order valence-electron chi connectivity index (χ3n) is 3.66. The number of nitrogens with zero attached hydrogens (tertiary/aromatic N) is 3. The summed E-state index contributed by atoms with van der Waals surface area (Å²) in [5, 5.41) is 17.7. The number of nitriles is 2. The standard InChI is InChI=1S/C16H18BrN3O/c17-16-8-13(9-19)2-3-15(16)11-20(6-1-5-18)10-14-4-7-21-12-14/h2-3,8,14H,1,4,6-7,10-12H2/t14-/m0/s1. The van der Waals surface area contributed by atoms with Crippen molar-refractivity contribution < 1.29 is 4.74 Å². The van der Waals surface area contributed by atoms with Crippen molar-refractivity contribution in [1.82, 2.24) is 4.90 Å². The molecule has 1 atom stereocenters. The van der Waals surface area contributed by atoms with Crippen molar-refractivity contribution in [3.8, 4) is 12.1 Å². The second-order valence-corrected chi connectivity index (χ2v) is 6.15. The van der Waals surface area contributed by atoms with Crippen molar-refractivity contribution in [3.05, 3.63) is 33.8 Å². The van der Waals surface area contributed by atoms with Crippen molar-refractivity contribution in [2.45, 2.75) is 19.4 Å². The number of hydrogen-bond acceptors (Lipinski definition) is 4. The molecule has 0 spiro atoms. The number of halogens is 1. The minimum atomic E-state index is 0.529. The molecule has 0 amide bonds. The van der Waals surface area contributed by atoms with E-state index in [0.717, 1.165) is 49.3 Å². The number of rotatable bonds is 6. The molecule has 0 saturated carbocycles. The van der Waals surface area contributed by atoms with Gasteiger partial charge in [-0.25, -0.2) is 0 Å². The van der Waals surface area contributed by atoms with Crippen LogP contribution in [0.1, 0.15) is 24.0 Å². The molecule has 0 unspecified atom stereocenters. The van der Waals surface area contributed by atoms with Crippen molar-refractivity contribution in [2.75, 3.05) is 26.3 Å². The fourth-order valence-electron chi connectivity index (χ4n) is 2.52. The van der Waals surface area contributed by atoms with Crippen LogP contribution in [0.2, 0.25) is 0 Å². The van der Waals surface area contributed by atoms with Crippen LogP contribution in [-0.4, -0.2) is 31.2 Å². The fourth-order valence-corrected chi connectivity index (χ4v) is 3.03. The fraction of sp³-hybridized carbons (Fsp3) is 0.500. The Labute approximate surface area is 134 Å². The molecule has 1 aromatic carbocycles. The van der Waals surface area contributed by atoms with E-state index in [2.05, 4.69) is 33.0 Å². The number of hydrogen-bond donors (Lipinski definition) is 0. The maximum Gasteiger partial charge on any atom is 0.0992 e. The van der Waals surface area contributed by atoms with E-state index >= 15 is 0 Å². The van der Waals surface area contributed by atoms with E-state index < -0.39 is 0 Å². The Morgan fingerprint density at radius 1 is 1.38 bits per heavy atom. The zero-order valence-corrected chi connectivity index (χ0v) is 13.5.